The minimum absolute atomic E-state index is 0.696. The summed E-state index contributed by atoms with van der Waals surface area (Å²) in [6, 6.07) is 0. The smallest absolute Gasteiger partial charge is 0.126 e. The van der Waals surface area contributed by atoms with Gasteiger partial charge in [0.05, 0.1) is 0 Å². The van der Waals surface area contributed by atoms with Crippen LogP contribution in [0.15, 0.2) is 61.1 Å². The second kappa shape index (κ2) is 30.0. The van der Waals surface area contributed by atoms with Crippen molar-refractivity contribution in [3.8, 4) is 0 Å². The van der Waals surface area contributed by atoms with Crippen LogP contribution >= 0.6 is 0 Å². The lowest BCUT2D eigenvalue weighted by molar-refractivity contribution is 0.335. The summed E-state index contributed by atoms with van der Waals surface area (Å²) in [6.45, 7) is 23.1. The Morgan fingerprint density at radius 1 is 0.842 bits per heavy atom. The molecule has 0 bridgehead atoms. The molecule has 0 rings (SSSR count). The van der Waals surface area contributed by atoms with Crippen molar-refractivity contribution in [2.45, 2.75) is 55.4 Å². The monoisotopic (exact) mass is 266 g/mol. The molecule has 0 aliphatic carbocycles. The van der Waals surface area contributed by atoms with E-state index < -0.39 is 0 Å². The van der Waals surface area contributed by atoms with Gasteiger partial charge in [0.2, 0.25) is 0 Å². The molecule has 0 aromatic heterocycles. The number of rotatable bonds is 5. The first-order valence-electron chi connectivity index (χ1n) is 7.20. The van der Waals surface area contributed by atoms with Gasteiger partial charge >= 0.3 is 0 Å². The molecule has 0 unspecified atom stereocenters. The van der Waals surface area contributed by atoms with Crippen molar-refractivity contribution in [1.82, 2.24) is 0 Å². The molecule has 0 atom stereocenters. The van der Waals surface area contributed by atoms with Crippen LogP contribution in [0.4, 0.5) is 0 Å². The van der Waals surface area contributed by atoms with E-state index in [2.05, 4.69) is 13.2 Å². The van der Waals surface area contributed by atoms with E-state index in [0.29, 0.717) is 5.76 Å². The van der Waals surface area contributed by atoms with Crippen molar-refractivity contribution < 1.29 is 4.74 Å². The average molecular weight is 266 g/mol. The first-order chi connectivity index (χ1) is 9.28. The van der Waals surface area contributed by atoms with Crippen LogP contribution in [-0.2, 0) is 4.74 Å². The fourth-order valence-corrected chi connectivity index (χ4v) is 0.749. The van der Waals surface area contributed by atoms with Crippen LogP contribution in [0.1, 0.15) is 55.4 Å². The molecule has 0 N–H and O–H groups in total. The Kier molecular flexibility index (Phi) is 41.2. The van der Waals surface area contributed by atoms with Crippen LogP contribution < -0.4 is 0 Å². The average Bonchev–Trinajstić information content (AvgIpc) is 2.52. The van der Waals surface area contributed by atoms with E-state index in [0.717, 1.165) is 5.76 Å². The third kappa shape index (κ3) is 22.2. The number of hydrogen-bond donors (Lipinski definition) is 0. The SMILES string of the molecule is C=C/C=C(\C=C)OC(/C=C\C)=C/C.CC.CC.CC. The van der Waals surface area contributed by atoms with Gasteiger partial charge in [-0.15, -0.1) is 0 Å². The van der Waals surface area contributed by atoms with E-state index in [1.54, 1.807) is 18.2 Å². The summed E-state index contributed by atoms with van der Waals surface area (Å²) in [5, 5.41) is 0. The topological polar surface area (TPSA) is 9.23 Å². The molecule has 0 aliphatic heterocycles. The molecular weight excluding hydrogens is 232 g/mol. The lowest BCUT2D eigenvalue weighted by atomic mass is 10.4. The maximum atomic E-state index is 5.48. The molecule has 0 saturated carbocycles. The third-order valence-corrected chi connectivity index (χ3v) is 1.33. The Balaban J connectivity index is -0.000000163. The Hall–Kier alpha value is -1.50. The second-order valence-electron chi connectivity index (χ2n) is 2.30. The van der Waals surface area contributed by atoms with Gasteiger partial charge in [0.15, 0.2) is 0 Å². The highest BCUT2D eigenvalue weighted by molar-refractivity contribution is 5.20. The maximum absolute atomic E-state index is 5.48. The molecule has 112 valence electrons. The minimum Gasteiger partial charge on any atom is -0.458 e. The highest BCUT2D eigenvalue weighted by atomic mass is 16.5. The first-order valence-corrected chi connectivity index (χ1v) is 7.20. The summed E-state index contributed by atoms with van der Waals surface area (Å²) < 4.78 is 5.48. The van der Waals surface area contributed by atoms with Gasteiger partial charge in [0.1, 0.15) is 11.5 Å². The zero-order chi connectivity index (χ0) is 16.1. The van der Waals surface area contributed by atoms with Gasteiger partial charge in [-0.2, -0.15) is 0 Å². The zero-order valence-corrected chi connectivity index (χ0v) is 14.3. The van der Waals surface area contributed by atoms with E-state index in [4.69, 9.17) is 4.74 Å². The zero-order valence-electron chi connectivity index (χ0n) is 14.3. The van der Waals surface area contributed by atoms with Crippen LogP contribution in [0.25, 0.3) is 0 Å². The van der Waals surface area contributed by atoms with Crippen LogP contribution in [0.5, 0.6) is 0 Å². The van der Waals surface area contributed by atoms with Crippen molar-refractivity contribution in [2.24, 2.45) is 0 Å². The fourth-order valence-electron chi connectivity index (χ4n) is 0.749. The van der Waals surface area contributed by atoms with Crippen molar-refractivity contribution in [1.29, 1.82) is 0 Å². The molecule has 0 spiro atoms. The van der Waals surface area contributed by atoms with E-state index in [1.807, 2.05) is 73.6 Å². The lowest BCUT2D eigenvalue weighted by Crippen LogP contribution is -1.87. The van der Waals surface area contributed by atoms with E-state index >= 15 is 0 Å². The molecule has 0 radical (unpaired) electrons. The van der Waals surface area contributed by atoms with E-state index in [9.17, 15) is 0 Å². The molecule has 0 aromatic rings. The van der Waals surface area contributed by atoms with Crippen LogP contribution in [0.3, 0.4) is 0 Å². The van der Waals surface area contributed by atoms with Gasteiger partial charge in [0.25, 0.3) is 0 Å². The summed E-state index contributed by atoms with van der Waals surface area (Å²) in [7, 11) is 0. The molecule has 0 aliphatic rings. The standard InChI is InChI=1S/C12H16O.3C2H6/c1-5-9-11(7-3)13-12(8-4)10-6-2;3*1-2/h5-10H,1,3H2,2,4H3;3*1-2H3/b10-6-,11-9+,12-8+;;;. The van der Waals surface area contributed by atoms with Gasteiger partial charge < -0.3 is 4.74 Å². The molecule has 0 heterocycles. The lowest BCUT2D eigenvalue weighted by Gasteiger charge is -2.05. The summed E-state index contributed by atoms with van der Waals surface area (Å²) in [4.78, 5) is 0. The third-order valence-electron chi connectivity index (χ3n) is 1.33. The minimum atomic E-state index is 0.696. The number of allylic oxidation sites excluding steroid dienone is 6. The number of ether oxygens (including phenoxy) is 1. The van der Waals surface area contributed by atoms with Crippen molar-refractivity contribution in [3.05, 3.63) is 61.1 Å². The van der Waals surface area contributed by atoms with Crippen LogP contribution in [-0.4, -0.2) is 0 Å². The Morgan fingerprint density at radius 3 is 1.58 bits per heavy atom. The summed E-state index contributed by atoms with van der Waals surface area (Å²) in [5.74, 6) is 1.50. The van der Waals surface area contributed by atoms with Crippen molar-refractivity contribution in [3.63, 3.8) is 0 Å². The van der Waals surface area contributed by atoms with Gasteiger partial charge in [-0.1, -0.05) is 66.9 Å². The summed E-state index contributed by atoms with van der Waals surface area (Å²) >= 11 is 0. The quantitative estimate of drug-likeness (QED) is 0.392. The molecule has 0 amide bonds. The second-order valence-corrected chi connectivity index (χ2v) is 2.30. The highest BCUT2D eigenvalue weighted by Gasteiger charge is 1.93. The first kappa shape index (κ1) is 26.1. The molecule has 1 heteroatoms. The molecule has 19 heavy (non-hydrogen) atoms. The Bertz CT molecular complexity index is 255. The Labute approximate surface area is 122 Å². The van der Waals surface area contributed by atoms with Crippen LogP contribution in [0, 0.1) is 0 Å². The molecule has 0 aromatic carbocycles. The predicted molar refractivity (Wildman–Crippen MR) is 92.2 cm³/mol. The normalized spacial score (nSPS) is 9.89. The van der Waals surface area contributed by atoms with Crippen molar-refractivity contribution >= 4 is 0 Å². The number of hydrogen-bond acceptors (Lipinski definition) is 1. The molecule has 0 fully saturated rings. The Morgan fingerprint density at radius 2 is 1.32 bits per heavy atom. The summed E-state index contributed by atoms with van der Waals surface area (Å²) in [5.41, 5.74) is 0. The molecular formula is C18H34O. The fraction of sp³-hybridized carbons (Fsp3) is 0.444. The maximum Gasteiger partial charge on any atom is 0.126 e. The van der Waals surface area contributed by atoms with Gasteiger partial charge in [-0.05, 0) is 38.2 Å². The van der Waals surface area contributed by atoms with E-state index in [1.165, 1.54) is 0 Å². The van der Waals surface area contributed by atoms with Gasteiger partial charge in [-0.3, -0.25) is 0 Å². The highest BCUT2D eigenvalue weighted by Crippen LogP contribution is 2.08. The largest absolute Gasteiger partial charge is 0.458 e. The van der Waals surface area contributed by atoms with Gasteiger partial charge in [0, 0.05) is 0 Å². The molecule has 0 saturated heterocycles. The predicted octanol–water partition coefficient (Wildman–Crippen LogP) is 6.82. The van der Waals surface area contributed by atoms with Crippen LogP contribution in [0.2, 0.25) is 0 Å². The molecule has 1 nitrogen and oxygen atoms in total. The van der Waals surface area contributed by atoms with E-state index in [-0.39, 0.29) is 0 Å². The van der Waals surface area contributed by atoms with Gasteiger partial charge in [-0.25, -0.2) is 0 Å². The van der Waals surface area contributed by atoms with Crippen molar-refractivity contribution in [2.75, 3.05) is 0 Å². The summed E-state index contributed by atoms with van der Waals surface area (Å²) in [6.07, 6.45) is 10.8.